The number of pyridine rings is 1. The minimum atomic E-state index is 0.849. The number of rotatable bonds is 7. The average Bonchev–Trinajstić information content (AvgIpc) is 3.64. The number of imidazole rings is 1. The van der Waals surface area contributed by atoms with Gasteiger partial charge < -0.3 is 9.30 Å². The number of fused-ring (bicyclic) bond motifs is 2. The fourth-order valence-electron chi connectivity index (χ4n) is 6.60. The highest BCUT2D eigenvalue weighted by molar-refractivity contribution is 5.92. The van der Waals surface area contributed by atoms with Crippen molar-refractivity contribution in [1.82, 2.24) is 19.4 Å². The zero-order valence-corrected chi connectivity index (χ0v) is 27.1. The minimum absolute atomic E-state index is 0.849. The maximum Gasteiger partial charge on any atom is 0.137 e. The third-order valence-corrected chi connectivity index (χ3v) is 9.04. The fourth-order valence-corrected chi connectivity index (χ4v) is 6.60. The van der Waals surface area contributed by atoms with Crippen molar-refractivity contribution >= 4 is 33.7 Å². The van der Waals surface area contributed by atoms with Crippen LogP contribution in [0.1, 0.15) is 0 Å². The normalized spacial score (nSPS) is 11.2. The Morgan fingerprint density at radius 3 is 1.60 bits per heavy atom. The van der Waals surface area contributed by atoms with E-state index in [9.17, 15) is 0 Å². The van der Waals surface area contributed by atoms with Gasteiger partial charge in [-0.2, -0.15) is 0 Å². The number of nitrogens with zero attached hydrogens (tertiary/aromatic N) is 5. The first kappa shape index (κ1) is 29.3. The van der Waals surface area contributed by atoms with Crippen LogP contribution in [0.5, 0.6) is 0 Å². The molecule has 236 valence electrons. The van der Waals surface area contributed by atoms with Crippen LogP contribution in [0.25, 0.3) is 61.6 Å². The van der Waals surface area contributed by atoms with Crippen molar-refractivity contribution in [1.29, 1.82) is 0 Å². The second-order valence-electron chi connectivity index (χ2n) is 12.2. The van der Waals surface area contributed by atoms with Gasteiger partial charge in [-0.1, -0.05) is 115 Å². The average molecular weight is 642 g/mol. The number of hydrogen-bond acceptors (Lipinski definition) is 4. The van der Waals surface area contributed by atoms with Crippen LogP contribution in [0.4, 0.5) is 17.1 Å². The van der Waals surface area contributed by atoms with E-state index >= 15 is 0 Å². The maximum absolute atomic E-state index is 5.23. The molecule has 0 spiro atoms. The summed E-state index contributed by atoms with van der Waals surface area (Å²) in [5.41, 5.74) is 13.9. The van der Waals surface area contributed by atoms with Crippen LogP contribution < -0.4 is 4.90 Å². The molecule has 0 aliphatic heterocycles. The predicted octanol–water partition coefficient (Wildman–Crippen LogP) is 11.4. The van der Waals surface area contributed by atoms with Gasteiger partial charge in [-0.25, -0.2) is 15.0 Å². The first-order valence-corrected chi connectivity index (χ1v) is 16.7. The van der Waals surface area contributed by atoms with Crippen molar-refractivity contribution in [3.63, 3.8) is 0 Å². The Labute approximate surface area is 290 Å². The van der Waals surface area contributed by atoms with Gasteiger partial charge in [-0.3, -0.25) is 0 Å². The Balaban J connectivity index is 1.13. The Morgan fingerprint density at radius 1 is 0.380 bits per heavy atom. The number of para-hydroxylation sites is 3. The first-order valence-electron chi connectivity index (χ1n) is 16.7. The first-order chi connectivity index (χ1) is 24.8. The number of hydrogen-bond donors (Lipinski definition) is 0. The largest absolute Gasteiger partial charge is 0.311 e. The summed E-state index contributed by atoms with van der Waals surface area (Å²) in [4.78, 5) is 17.5. The lowest BCUT2D eigenvalue weighted by Gasteiger charge is -2.26. The molecule has 0 radical (unpaired) electrons. The molecule has 0 aliphatic carbocycles. The standard InChI is InChI=1S/C45H31N5/c1-3-13-32(14-4-1)38-17-7-8-18-39(38)45-44(47-40-19-9-10-20-41(40)48-45)34-24-28-37(29-25-34)50(35-15-5-2-6-16-35)36-26-22-33(23-27-36)42-31-49-30-12-11-21-43(49)46-42/h1-31H. The second kappa shape index (κ2) is 12.6. The topological polar surface area (TPSA) is 46.3 Å². The van der Waals surface area contributed by atoms with Gasteiger partial charge in [0.15, 0.2) is 0 Å². The van der Waals surface area contributed by atoms with E-state index in [-0.39, 0.29) is 0 Å². The second-order valence-corrected chi connectivity index (χ2v) is 12.2. The lowest BCUT2D eigenvalue weighted by Crippen LogP contribution is -2.09. The SMILES string of the molecule is c1ccc(-c2ccccc2-c2nc3ccccc3nc2-c2ccc(N(c3ccccc3)c3ccc(-c4cn5ccccc5n4)cc3)cc2)cc1. The smallest absolute Gasteiger partial charge is 0.137 e. The summed E-state index contributed by atoms with van der Waals surface area (Å²) in [5.74, 6) is 0. The van der Waals surface area contributed by atoms with E-state index in [1.54, 1.807) is 0 Å². The molecule has 5 heteroatoms. The molecule has 9 aromatic rings. The Kier molecular flexibility index (Phi) is 7.41. The molecule has 6 aromatic carbocycles. The third-order valence-electron chi connectivity index (χ3n) is 9.04. The van der Waals surface area contributed by atoms with Crippen molar-refractivity contribution in [3.8, 4) is 44.9 Å². The number of anilines is 3. The highest BCUT2D eigenvalue weighted by Crippen LogP contribution is 2.40. The van der Waals surface area contributed by atoms with Crippen molar-refractivity contribution in [2.45, 2.75) is 0 Å². The molecule has 0 aliphatic rings. The van der Waals surface area contributed by atoms with Crippen LogP contribution in [-0.2, 0) is 0 Å². The van der Waals surface area contributed by atoms with Gasteiger partial charge in [0.2, 0.25) is 0 Å². The summed E-state index contributed by atoms with van der Waals surface area (Å²) in [6.45, 7) is 0. The summed E-state index contributed by atoms with van der Waals surface area (Å²) in [5, 5.41) is 0. The van der Waals surface area contributed by atoms with E-state index in [4.69, 9.17) is 15.0 Å². The van der Waals surface area contributed by atoms with Gasteiger partial charge in [0.05, 0.1) is 28.1 Å². The molecule has 9 rings (SSSR count). The Bertz CT molecular complexity index is 2540. The van der Waals surface area contributed by atoms with Crippen LogP contribution in [-0.4, -0.2) is 19.4 Å². The van der Waals surface area contributed by atoms with Crippen LogP contribution in [0, 0.1) is 0 Å². The van der Waals surface area contributed by atoms with E-state index in [0.29, 0.717) is 0 Å². The van der Waals surface area contributed by atoms with Crippen LogP contribution >= 0.6 is 0 Å². The van der Waals surface area contributed by atoms with E-state index < -0.39 is 0 Å². The van der Waals surface area contributed by atoms with E-state index in [2.05, 4.69) is 132 Å². The van der Waals surface area contributed by atoms with Crippen LogP contribution in [0.15, 0.2) is 188 Å². The molecule has 0 fully saturated rings. The predicted molar refractivity (Wildman–Crippen MR) is 205 cm³/mol. The van der Waals surface area contributed by atoms with Crippen molar-refractivity contribution in [2.75, 3.05) is 4.90 Å². The molecule has 0 N–H and O–H groups in total. The lowest BCUT2D eigenvalue weighted by atomic mass is 9.94. The highest BCUT2D eigenvalue weighted by atomic mass is 15.1. The van der Waals surface area contributed by atoms with E-state index in [0.717, 1.165) is 78.6 Å². The minimum Gasteiger partial charge on any atom is -0.311 e. The summed E-state index contributed by atoms with van der Waals surface area (Å²) < 4.78 is 2.05. The van der Waals surface area contributed by atoms with E-state index in [1.165, 1.54) is 0 Å². The molecule has 0 saturated carbocycles. The molecule has 0 saturated heterocycles. The van der Waals surface area contributed by atoms with Crippen LogP contribution in [0.3, 0.4) is 0 Å². The maximum atomic E-state index is 5.23. The molecular formula is C45H31N5. The van der Waals surface area contributed by atoms with Gasteiger partial charge in [0, 0.05) is 46.1 Å². The zero-order valence-electron chi connectivity index (χ0n) is 27.1. The lowest BCUT2D eigenvalue weighted by molar-refractivity contribution is 1.19. The quantitative estimate of drug-likeness (QED) is 0.174. The fraction of sp³-hybridized carbons (Fsp3) is 0. The summed E-state index contributed by atoms with van der Waals surface area (Å²) in [6, 6.07) is 60.8. The number of aromatic nitrogens is 4. The van der Waals surface area contributed by atoms with Gasteiger partial charge in [0.25, 0.3) is 0 Å². The van der Waals surface area contributed by atoms with Crippen LogP contribution in [0.2, 0.25) is 0 Å². The van der Waals surface area contributed by atoms with Gasteiger partial charge in [-0.05, 0) is 71.8 Å². The van der Waals surface area contributed by atoms with Gasteiger partial charge in [0.1, 0.15) is 5.65 Å². The van der Waals surface area contributed by atoms with Crippen molar-refractivity contribution in [3.05, 3.63) is 188 Å². The summed E-state index contributed by atoms with van der Waals surface area (Å²) in [6.07, 6.45) is 4.09. The van der Waals surface area contributed by atoms with Gasteiger partial charge in [-0.15, -0.1) is 0 Å². The summed E-state index contributed by atoms with van der Waals surface area (Å²) >= 11 is 0. The highest BCUT2D eigenvalue weighted by Gasteiger charge is 2.18. The molecule has 0 amide bonds. The Morgan fingerprint density at radius 2 is 0.920 bits per heavy atom. The monoisotopic (exact) mass is 641 g/mol. The molecule has 50 heavy (non-hydrogen) atoms. The molecule has 0 atom stereocenters. The molecule has 0 unspecified atom stereocenters. The molecular weight excluding hydrogens is 611 g/mol. The molecule has 0 bridgehead atoms. The summed E-state index contributed by atoms with van der Waals surface area (Å²) in [7, 11) is 0. The van der Waals surface area contributed by atoms with Crippen molar-refractivity contribution in [2.24, 2.45) is 0 Å². The zero-order chi connectivity index (χ0) is 33.3. The van der Waals surface area contributed by atoms with Gasteiger partial charge >= 0.3 is 0 Å². The number of benzene rings is 6. The molecule has 3 aromatic heterocycles. The molecule has 5 nitrogen and oxygen atoms in total. The van der Waals surface area contributed by atoms with E-state index in [1.807, 2.05) is 65.2 Å². The molecule has 3 heterocycles. The Hall–Kier alpha value is -6.85. The third kappa shape index (κ3) is 5.47. The van der Waals surface area contributed by atoms with Crippen molar-refractivity contribution < 1.29 is 0 Å².